The molecule has 0 spiro atoms. The highest BCUT2D eigenvalue weighted by molar-refractivity contribution is 5.82. The van der Waals surface area contributed by atoms with Gasteiger partial charge in [-0.2, -0.15) is 0 Å². The van der Waals surface area contributed by atoms with Crippen molar-refractivity contribution in [3.05, 3.63) is 88.0 Å². The quantitative estimate of drug-likeness (QED) is 0.163. The van der Waals surface area contributed by atoms with Crippen molar-refractivity contribution in [1.29, 1.82) is 0 Å². The summed E-state index contributed by atoms with van der Waals surface area (Å²) in [6, 6.07) is 19.8. The highest BCUT2D eigenvalue weighted by Crippen LogP contribution is 2.49. The molecule has 0 aliphatic carbocycles. The van der Waals surface area contributed by atoms with Gasteiger partial charge in [-0.05, 0) is 123 Å². The van der Waals surface area contributed by atoms with Crippen molar-refractivity contribution in [2.75, 3.05) is 18.0 Å². The first kappa shape index (κ1) is 28.8. The zero-order valence-electron chi connectivity index (χ0n) is 27.4. The van der Waals surface area contributed by atoms with Crippen LogP contribution in [0.5, 0.6) is 0 Å². The summed E-state index contributed by atoms with van der Waals surface area (Å²) < 4.78 is 0. The number of hydrogen-bond donors (Lipinski definition) is 4. The number of nitrogens with one attached hydrogen (secondary N) is 4. The fraction of sp³-hybridized carbons (Fsp3) is 0.474. The van der Waals surface area contributed by atoms with Crippen LogP contribution in [0.2, 0.25) is 0 Å². The monoisotopic (exact) mass is 601 g/mol. The molecule has 2 aromatic heterocycles. The molecule has 45 heavy (non-hydrogen) atoms. The fourth-order valence-electron chi connectivity index (χ4n) is 8.30. The van der Waals surface area contributed by atoms with Crippen LogP contribution < -0.4 is 15.5 Å². The maximum Gasteiger partial charge on any atom is 0.124 e. The summed E-state index contributed by atoms with van der Waals surface area (Å²) in [5, 5.41) is 7.23. The Morgan fingerprint density at radius 1 is 0.644 bits per heavy atom. The normalized spacial score (nSPS) is 24.1. The van der Waals surface area contributed by atoms with Gasteiger partial charge in [0.15, 0.2) is 0 Å². The predicted octanol–water partition coefficient (Wildman–Crippen LogP) is 8.29. The van der Waals surface area contributed by atoms with Crippen molar-refractivity contribution in [3.8, 4) is 0 Å². The van der Waals surface area contributed by atoms with Gasteiger partial charge in [-0.3, -0.25) is 0 Å². The van der Waals surface area contributed by atoms with E-state index in [0.717, 1.165) is 72.5 Å². The Morgan fingerprint density at radius 2 is 1.13 bits per heavy atom. The third kappa shape index (κ3) is 4.95. The number of rotatable bonds is 5. The number of aromatic nitrogens is 4. The Kier molecular flexibility index (Phi) is 7.03. The van der Waals surface area contributed by atoms with E-state index in [1.165, 1.54) is 46.3 Å². The van der Waals surface area contributed by atoms with Crippen LogP contribution in [-0.2, 0) is 5.41 Å². The van der Waals surface area contributed by atoms with Crippen molar-refractivity contribution < 1.29 is 0 Å². The molecule has 7 heteroatoms. The molecule has 0 radical (unpaired) electrons. The van der Waals surface area contributed by atoms with Gasteiger partial charge in [0.25, 0.3) is 0 Å². The van der Waals surface area contributed by atoms with E-state index in [1.807, 2.05) is 0 Å². The lowest BCUT2D eigenvalue weighted by Crippen LogP contribution is -2.27. The van der Waals surface area contributed by atoms with Gasteiger partial charge in [-0.25, -0.2) is 9.97 Å². The van der Waals surface area contributed by atoms with Gasteiger partial charge in [-0.1, -0.05) is 45.0 Å². The molecule has 3 fully saturated rings. The maximum atomic E-state index is 5.17. The van der Waals surface area contributed by atoms with Crippen molar-refractivity contribution in [2.45, 2.75) is 103 Å². The summed E-state index contributed by atoms with van der Waals surface area (Å²) in [6.45, 7) is 13.6. The summed E-state index contributed by atoms with van der Waals surface area (Å²) in [5.74, 6) is 2.16. The number of imidazole rings is 2. The lowest BCUT2D eigenvalue weighted by molar-refractivity contribution is 0.589. The van der Waals surface area contributed by atoms with Crippen LogP contribution in [0.15, 0.2) is 48.5 Å². The van der Waals surface area contributed by atoms with Crippen LogP contribution in [-0.4, -0.2) is 33.0 Å². The minimum absolute atomic E-state index is 0.114. The van der Waals surface area contributed by atoms with Gasteiger partial charge >= 0.3 is 0 Å². The molecule has 8 rings (SSSR count). The SMILES string of the molecule is Cc1c(C2CC[C@H](c3ccc4[nH]c([C@@H]5CCCN5)nc4c3C)N2c2ccc(C(C)(C)C)cc2)ccc2[nH]c([C@@H]3CCCN3)nc12. The first-order valence-electron chi connectivity index (χ1n) is 17.1. The largest absolute Gasteiger partial charge is 0.357 e. The summed E-state index contributed by atoms with van der Waals surface area (Å²) >= 11 is 0. The molecule has 4 N–H and O–H groups in total. The molecule has 7 nitrogen and oxygen atoms in total. The summed E-state index contributed by atoms with van der Waals surface area (Å²) in [5.41, 5.74) is 12.6. The van der Waals surface area contributed by atoms with Crippen molar-refractivity contribution in [2.24, 2.45) is 0 Å². The van der Waals surface area contributed by atoms with Crippen LogP contribution in [0.25, 0.3) is 22.1 Å². The van der Waals surface area contributed by atoms with E-state index in [-0.39, 0.29) is 17.5 Å². The highest BCUT2D eigenvalue weighted by Gasteiger charge is 2.38. The van der Waals surface area contributed by atoms with E-state index in [9.17, 15) is 0 Å². The maximum absolute atomic E-state index is 5.17. The summed E-state index contributed by atoms with van der Waals surface area (Å²) in [6.07, 6.45) is 6.89. The van der Waals surface area contributed by atoms with Crippen LogP contribution in [0.1, 0.15) is 123 Å². The van der Waals surface area contributed by atoms with Gasteiger partial charge in [0.2, 0.25) is 0 Å². The zero-order valence-corrected chi connectivity index (χ0v) is 27.4. The summed E-state index contributed by atoms with van der Waals surface area (Å²) in [4.78, 5) is 20.3. The van der Waals surface area contributed by atoms with Gasteiger partial charge < -0.3 is 25.5 Å². The lowest BCUT2D eigenvalue weighted by Gasteiger charge is -2.35. The number of aryl methyl sites for hydroxylation is 2. The molecule has 5 aromatic rings. The van der Waals surface area contributed by atoms with E-state index in [1.54, 1.807) is 0 Å². The van der Waals surface area contributed by atoms with Crippen LogP contribution >= 0.6 is 0 Å². The molecule has 0 amide bonds. The van der Waals surface area contributed by atoms with E-state index in [0.29, 0.717) is 12.1 Å². The molecule has 4 atom stereocenters. The number of hydrogen-bond acceptors (Lipinski definition) is 5. The fourth-order valence-corrected chi connectivity index (χ4v) is 8.30. The first-order valence-corrected chi connectivity index (χ1v) is 17.1. The van der Waals surface area contributed by atoms with Crippen molar-refractivity contribution >= 4 is 27.8 Å². The number of aromatic amines is 2. The second-order valence-corrected chi connectivity index (χ2v) is 14.7. The van der Waals surface area contributed by atoms with E-state index < -0.39 is 0 Å². The lowest BCUT2D eigenvalue weighted by atomic mass is 9.87. The predicted molar refractivity (Wildman–Crippen MR) is 184 cm³/mol. The Hall–Kier alpha value is -3.68. The van der Waals surface area contributed by atoms with Crippen LogP contribution in [0, 0.1) is 13.8 Å². The van der Waals surface area contributed by atoms with Gasteiger partial charge in [0.1, 0.15) is 11.6 Å². The second kappa shape index (κ2) is 11.0. The van der Waals surface area contributed by atoms with E-state index >= 15 is 0 Å². The number of H-pyrrole nitrogens is 2. The summed E-state index contributed by atoms with van der Waals surface area (Å²) in [7, 11) is 0. The number of nitrogens with zero attached hydrogens (tertiary/aromatic N) is 3. The minimum atomic E-state index is 0.114. The molecule has 1 unspecified atom stereocenters. The van der Waals surface area contributed by atoms with Crippen molar-refractivity contribution in [1.82, 2.24) is 30.6 Å². The molecule has 5 heterocycles. The zero-order chi connectivity index (χ0) is 30.9. The van der Waals surface area contributed by atoms with Gasteiger partial charge in [0.05, 0.1) is 46.2 Å². The number of fused-ring (bicyclic) bond motifs is 2. The van der Waals surface area contributed by atoms with Crippen molar-refractivity contribution in [3.63, 3.8) is 0 Å². The molecule has 3 saturated heterocycles. The third-order valence-electron chi connectivity index (χ3n) is 10.9. The minimum Gasteiger partial charge on any atom is -0.357 e. The molecule has 234 valence electrons. The molecule has 3 aromatic carbocycles. The standard InChI is InChI=1S/C38H47N7/c1-22-26(14-16-28-34(22)43-36(41-28)30-8-6-20-39-30)32-18-19-33(45(32)25-12-10-24(11-13-25)38(3,4)5)27-15-17-29-35(23(27)2)44-37(42-29)31-9-7-21-40-31/h10-17,30-33,39-40H,6-9,18-21H2,1-5H3,(H,41,43)(H,42,44)/t30-,31-,32+,33?/m0/s1. The van der Waals surface area contributed by atoms with Gasteiger partial charge in [-0.15, -0.1) is 0 Å². The average Bonchev–Trinajstić information content (AvgIpc) is 3.86. The molecule has 3 aliphatic heterocycles. The Bertz CT molecular complexity index is 1740. The molecular weight excluding hydrogens is 554 g/mol. The van der Waals surface area contributed by atoms with E-state index in [4.69, 9.17) is 9.97 Å². The molecule has 0 bridgehead atoms. The Labute approximate surface area is 266 Å². The van der Waals surface area contributed by atoms with E-state index in [2.05, 4.69) is 109 Å². The molecule has 3 aliphatic rings. The molecular formula is C38H47N7. The second-order valence-electron chi connectivity index (χ2n) is 14.7. The Balaban J connectivity index is 1.21. The first-order chi connectivity index (χ1) is 21.8. The smallest absolute Gasteiger partial charge is 0.124 e. The van der Waals surface area contributed by atoms with Gasteiger partial charge in [0, 0.05) is 5.69 Å². The highest BCUT2D eigenvalue weighted by atomic mass is 15.2. The molecule has 0 saturated carbocycles. The third-order valence-corrected chi connectivity index (χ3v) is 10.9. The average molecular weight is 602 g/mol. The Morgan fingerprint density at radius 3 is 1.56 bits per heavy atom. The number of benzene rings is 3. The van der Waals surface area contributed by atoms with Crippen LogP contribution in [0.3, 0.4) is 0 Å². The number of anilines is 1. The topological polar surface area (TPSA) is 84.7 Å². The van der Waals surface area contributed by atoms with Crippen LogP contribution in [0.4, 0.5) is 5.69 Å².